The molecule has 1 unspecified atom stereocenters. The predicted octanol–water partition coefficient (Wildman–Crippen LogP) is 3.14. The van der Waals surface area contributed by atoms with Gasteiger partial charge in [-0.25, -0.2) is 0 Å². The van der Waals surface area contributed by atoms with Gasteiger partial charge >= 0.3 is 0 Å². The van der Waals surface area contributed by atoms with E-state index >= 15 is 0 Å². The van der Waals surface area contributed by atoms with Crippen LogP contribution in [0.4, 0.5) is 0 Å². The lowest BCUT2D eigenvalue weighted by Crippen LogP contribution is -2.30. The third kappa shape index (κ3) is 3.84. The number of nitrogens with zero attached hydrogens (tertiary/aromatic N) is 1. The van der Waals surface area contributed by atoms with Gasteiger partial charge in [-0.3, -0.25) is 4.90 Å². The zero-order valence-electron chi connectivity index (χ0n) is 13.0. The molecule has 21 heavy (non-hydrogen) atoms. The maximum Gasteiger partial charge on any atom is 0.118 e. The lowest BCUT2D eigenvalue weighted by molar-refractivity contribution is 0.241. The first-order valence-corrected chi connectivity index (χ1v) is 7.24. The molecule has 0 amide bonds. The number of hydrogen-bond acceptors (Lipinski definition) is 3. The maximum absolute atomic E-state index is 6.00. The number of nitrogens with two attached hydrogens (primary N) is 1. The van der Waals surface area contributed by atoms with Crippen molar-refractivity contribution in [3.8, 4) is 5.75 Å². The Labute approximate surface area is 127 Å². The van der Waals surface area contributed by atoms with E-state index in [0.717, 1.165) is 12.3 Å². The van der Waals surface area contributed by atoms with Crippen LogP contribution in [0.25, 0.3) is 0 Å². The summed E-state index contributed by atoms with van der Waals surface area (Å²) in [5.41, 5.74) is 9.87. The van der Waals surface area contributed by atoms with E-state index in [9.17, 15) is 0 Å². The Hall–Kier alpha value is -1.84. The average molecular weight is 284 g/mol. The molecular formula is C18H24N2O. The molecule has 0 aliphatic carbocycles. The minimum absolute atomic E-state index is 0.204. The highest BCUT2D eigenvalue weighted by atomic mass is 16.5. The molecule has 0 bridgehead atoms. The van der Waals surface area contributed by atoms with E-state index in [1.165, 1.54) is 16.7 Å². The third-order valence-corrected chi connectivity index (χ3v) is 3.94. The van der Waals surface area contributed by atoms with Crippen molar-refractivity contribution in [1.82, 2.24) is 4.90 Å². The number of benzene rings is 2. The first-order valence-electron chi connectivity index (χ1n) is 7.24. The Morgan fingerprint density at radius 1 is 1.10 bits per heavy atom. The molecule has 2 aromatic rings. The molecule has 0 fully saturated rings. The number of hydrogen-bond donors (Lipinski definition) is 1. The highest BCUT2D eigenvalue weighted by Gasteiger charge is 2.16. The lowest BCUT2D eigenvalue weighted by atomic mass is 10.0. The van der Waals surface area contributed by atoms with E-state index < -0.39 is 0 Å². The van der Waals surface area contributed by atoms with Gasteiger partial charge in [-0.1, -0.05) is 36.4 Å². The van der Waals surface area contributed by atoms with E-state index in [1.807, 2.05) is 12.1 Å². The standard InChI is InChI=1S/C18H24N2O/c1-14-6-4-5-7-16(14)13-20(2)18(12-19)15-8-10-17(21-3)11-9-15/h4-11,18H,12-13,19H2,1-3H3. The summed E-state index contributed by atoms with van der Waals surface area (Å²) in [5.74, 6) is 0.871. The van der Waals surface area contributed by atoms with Crippen molar-refractivity contribution in [2.75, 3.05) is 20.7 Å². The van der Waals surface area contributed by atoms with Crippen LogP contribution < -0.4 is 10.5 Å². The molecule has 3 heteroatoms. The molecule has 0 spiro atoms. The van der Waals surface area contributed by atoms with E-state index in [-0.39, 0.29) is 6.04 Å². The van der Waals surface area contributed by atoms with Gasteiger partial charge in [0.05, 0.1) is 7.11 Å². The molecule has 0 aliphatic heterocycles. The predicted molar refractivity (Wildman–Crippen MR) is 87.4 cm³/mol. The quantitative estimate of drug-likeness (QED) is 0.885. The summed E-state index contributed by atoms with van der Waals surface area (Å²) in [5, 5.41) is 0. The molecule has 0 radical (unpaired) electrons. The summed E-state index contributed by atoms with van der Waals surface area (Å²) in [6.07, 6.45) is 0. The Kier molecular flexibility index (Phi) is 5.37. The Balaban J connectivity index is 2.14. The van der Waals surface area contributed by atoms with Gasteiger partial charge in [0, 0.05) is 19.1 Å². The largest absolute Gasteiger partial charge is 0.497 e. The number of methoxy groups -OCH3 is 1. The first kappa shape index (κ1) is 15.5. The van der Waals surface area contributed by atoms with Crippen LogP contribution in [0.15, 0.2) is 48.5 Å². The summed E-state index contributed by atoms with van der Waals surface area (Å²) in [6.45, 7) is 3.63. The number of aryl methyl sites for hydroxylation is 1. The smallest absolute Gasteiger partial charge is 0.118 e. The summed E-state index contributed by atoms with van der Waals surface area (Å²) in [6, 6.07) is 16.8. The summed E-state index contributed by atoms with van der Waals surface area (Å²) in [4.78, 5) is 2.30. The second kappa shape index (κ2) is 7.25. The minimum Gasteiger partial charge on any atom is -0.497 e. The van der Waals surface area contributed by atoms with Crippen LogP contribution in [-0.2, 0) is 6.54 Å². The molecule has 112 valence electrons. The number of rotatable bonds is 6. The van der Waals surface area contributed by atoms with Crippen molar-refractivity contribution in [2.24, 2.45) is 5.73 Å². The van der Waals surface area contributed by atoms with Crippen molar-refractivity contribution in [1.29, 1.82) is 0 Å². The highest BCUT2D eigenvalue weighted by molar-refractivity contribution is 5.30. The van der Waals surface area contributed by atoms with Gasteiger partial charge in [0.15, 0.2) is 0 Å². The van der Waals surface area contributed by atoms with E-state index in [1.54, 1.807) is 7.11 Å². The molecule has 2 N–H and O–H groups in total. The van der Waals surface area contributed by atoms with Gasteiger partial charge < -0.3 is 10.5 Å². The molecule has 2 aromatic carbocycles. The second-order valence-corrected chi connectivity index (χ2v) is 5.37. The van der Waals surface area contributed by atoms with Crippen molar-refractivity contribution in [3.05, 3.63) is 65.2 Å². The highest BCUT2D eigenvalue weighted by Crippen LogP contribution is 2.23. The van der Waals surface area contributed by atoms with Gasteiger partial charge in [0.1, 0.15) is 5.75 Å². The molecule has 1 atom stereocenters. The maximum atomic E-state index is 6.00. The topological polar surface area (TPSA) is 38.5 Å². The van der Waals surface area contributed by atoms with Gasteiger partial charge in [-0.2, -0.15) is 0 Å². The molecule has 2 rings (SSSR count). The van der Waals surface area contributed by atoms with Crippen LogP contribution in [0.2, 0.25) is 0 Å². The van der Waals surface area contributed by atoms with E-state index in [4.69, 9.17) is 10.5 Å². The zero-order chi connectivity index (χ0) is 15.2. The van der Waals surface area contributed by atoms with Crippen LogP contribution >= 0.6 is 0 Å². The zero-order valence-corrected chi connectivity index (χ0v) is 13.0. The van der Waals surface area contributed by atoms with Crippen LogP contribution in [0.5, 0.6) is 5.75 Å². The number of likely N-dealkylation sites (N-methyl/N-ethyl adjacent to an activating group) is 1. The summed E-state index contributed by atoms with van der Waals surface area (Å²) >= 11 is 0. The van der Waals surface area contributed by atoms with Crippen molar-refractivity contribution >= 4 is 0 Å². The fourth-order valence-electron chi connectivity index (χ4n) is 2.56. The fraction of sp³-hybridized carbons (Fsp3) is 0.333. The molecule has 0 saturated carbocycles. The first-order chi connectivity index (χ1) is 10.2. The van der Waals surface area contributed by atoms with Gasteiger partial charge in [0.2, 0.25) is 0 Å². The van der Waals surface area contributed by atoms with Crippen LogP contribution in [0.3, 0.4) is 0 Å². The second-order valence-electron chi connectivity index (χ2n) is 5.37. The molecule has 0 saturated heterocycles. The van der Waals surface area contributed by atoms with Gasteiger partial charge in [0.25, 0.3) is 0 Å². The summed E-state index contributed by atoms with van der Waals surface area (Å²) in [7, 11) is 3.80. The van der Waals surface area contributed by atoms with Crippen molar-refractivity contribution < 1.29 is 4.74 Å². The van der Waals surface area contributed by atoms with Crippen molar-refractivity contribution in [2.45, 2.75) is 19.5 Å². The van der Waals surface area contributed by atoms with Gasteiger partial charge in [-0.05, 0) is 42.8 Å². The molecule has 3 nitrogen and oxygen atoms in total. The Bertz CT molecular complexity index is 566. The molecule has 0 aliphatic rings. The monoisotopic (exact) mass is 284 g/mol. The molecular weight excluding hydrogens is 260 g/mol. The molecule has 0 heterocycles. The SMILES string of the molecule is COc1ccc(C(CN)N(C)Cc2ccccc2C)cc1. The van der Waals surface area contributed by atoms with E-state index in [0.29, 0.717) is 6.54 Å². The lowest BCUT2D eigenvalue weighted by Gasteiger charge is -2.28. The number of ether oxygens (including phenoxy) is 1. The Morgan fingerprint density at radius 3 is 2.33 bits per heavy atom. The fourth-order valence-corrected chi connectivity index (χ4v) is 2.56. The van der Waals surface area contributed by atoms with Crippen LogP contribution in [0.1, 0.15) is 22.7 Å². The van der Waals surface area contributed by atoms with Crippen LogP contribution in [0, 0.1) is 6.92 Å². The average Bonchev–Trinajstić information content (AvgIpc) is 2.51. The third-order valence-electron chi connectivity index (χ3n) is 3.94. The minimum atomic E-state index is 0.204. The van der Waals surface area contributed by atoms with E-state index in [2.05, 4.69) is 55.3 Å². The van der Waals surface area contributed by atoms with Crippen molar-refractivity contribution in [3.63, 3.8) is 0 Å². The van der Waals surface area contributed by atoms with Gasteiger partial charge in [-0.15, -0.1) is 0 Å². The molecule has 0 aromatic heterocycles. The Morgan fingerprint density at radius 2 is 1.76 bits per heavy atom. The summed E-state index contributed by atoms with van der Waals surface area (Å²) < 4.78 is 5.21. The van der Waals surface area contributed by atoms with Crippen LogP contribution in [-0.4, -0.2) is 25.6 Å². The normalized spacial score (nSPS) is 12.4.